The molecule has 4 nitrogen and oxygen atoms in total. The highest BCUT2D eigenvalue weighted by Gasteiger charge is 2.26. The van der Waals surface area contributed by atoms with E-state index in [0.29, 0.717) is 17.0 Å². The van der Waals surface area contributed by atoms with Crippen LogP contribution in [0.5, 0.6) is 0 Å². The van der Waals surface area contributed by atoms with Crippen LogP contribution < -0.4 is 4.90 Å². The Labute approximate surface area is 165 Å². The van der Waals surface area contributed by atoms with Gasteiger partial charge < -0.3 is 4.90 Å². The van der Waals surface area contributed by atoms with Crippen molar-refractivity contribution in [2.75, 3.05) is 17.7 Å². The molecule has 3 aromatic carbocycles. The van der Waals surface area contributed by atoms with Crippen LogP contribution in [-0.4, -0.2) is 27.1 Å². The molecule has 0 bridgehead atoms. The van der Waals surface area contributed by atoms with Crippen LogP contribution in [0.25, 0.3) is 11.1 Å². The predicted octanol–water partition coefficient (Wildman–Crippen LogP) is 4.27. The molecule has 0 aliphatic carbocycles. The second-order valence-corrected chi connectivity index (χ2v) is 9.12. The third kappa shape index (κ3) is 3.22. The maximum Gasteiger partial charge on any atom is 0.258 e. The summed E-state index contributed by atoms with van der Waals surface area (Å²) in [6.45, 7) is 2.60. The predicted molar refractivity (Wildman–Crippen MR) is 112 cm³/mol. The molecule has 0 unspecified atom stereocenters. The van der Waals surface area contributed by atoms with Gasteiger partial charge in [-0.3, -0.25) is 4.79 Å². The lowest BCUT2D eigenvalue weighted by molar-refractivity contribution is 0.0980. The molecule has 0 atom stereocenters. The average Bonchev–Trinajstić information content (AvgIpc) is 2.68. The first-order valence-electron chi connectivity index (χ1n) is 9.16. The Morgan fingerprint density at radius 3 is 2.32 bits per heavy atom. The van der Waals surface area contributed by atoms with E-state index in [4.69, 9.17) is 0 Å². The molecule has 0 N–H and O–H groups in total. The zero-order valence-electron chi connectivity index (χ0n) is 15.8. The van der Waals surface area contributed by atoms with Crippen molar-refractivity contribution in [1.29, 1.82) is 0 Å². The van der Waals surface area contributed by atoms with Gasteiger partial charge in [-0.2, -0.15) is 0 Å². The number of amides is 1. The molecule has 0 spiro atoms. The number of carbonyl (C=O) groups excluding carboxylic acids is 1. The second-order valence-electron chi connectivity index (χ2n) is 7.13. The summed E-state index contributed by atoms with van der Waals surface area (Å²) in [5.41, 5.74) is 5.18. The fraction of sp³-hybridized carbons (Fsp3) is 0.174. The minimum Gasteiger partial charge on any atom is -0.308 e. The molecule has 0 radical (unpaired) electrons. The normalized spacial score (nSPS) is 14.1. The van der Waals surface area contributed by atoms with E-state index in [9.17, 15) is 13.2 Å². The van der Waals surface area contributed by atoms with Crippen molar-refractivity contribution >= 4 is 21.4 Å². The summed E-state index contributed by atoms with van der Waals surface area (Å²) >= 11 is 0. The number of aryl methyl sites for hydroxylation is 1. The molecule has 142 valence electrons. The van der Waals surface area contributed by atoms with Crippen LogP contribution in [0.3, 0.4) is 0 Å². The number of fused-ring (bicyclic) bond motifs is 1. The van der Waals surface area contributed by atoms with Gasteiger partial charge >= 0.3 is 0 Å². The molecule has 5 heteroatoms. The fourth-order valence-corrected chi connectivity index (χ4v) is 4.72. The number of anilines is 1. The highest BCUT2D eigenvalue weighted by Crippen LogP contribution is 2.31. The van der Waals surface area contributed by atoms with Crippen molar-refractivity contribution in [1.82, 2.24) is 0 Å². The standard InChI is InChI=1S/C23H21NO3S/c1-16-6-5-7-18-14-15-24(23(25)22(16)18)19-12-10-17(11-13-19)20-8-3-4-9-21(20)28(2,26)27/h3-13H,14-15H2,1-2H3. The van der Waals surface area contributed by atoms with Crippen LogP contribution in [0.4, 0.5) is 5.69 Å². The maximum absolute atomic E-state index is 13.0. The zero-order valence-corrected chi connectivity index (χ0v) is 16.7. The molecule has 0 saturated carbocycles. The van der Waals surface area contributed by atoms with E-state index in [2.05, 4.69) is 0 Å². The van der Waals surface area contributed by atoms with Gasteiger partial charge in [0.1, 0.15) is 0 Å². The Morgan fingerprint density at radius 1 is 0.893 bits per heavy atom. The topological polar surface area (TPSA) is 54.5 Å². The lowest BCUT2D eigenvalue weighted by Gasteiger charge is -2.29. The quantitative estimate of drug-likeness (QED) is 0.670. The molecule has 1 aliphatic rings. The van der Waals surface area contributed by atoms with E-state index < -0.39 is 9.84 Å². The molecular formula is C23H21NO3S. The summed E-state index contributed by atoms with van der Waals surface area (Å²) < 4.78 is 24.2. The SMILES string of the molecule is Cc1cccc2c1C(=O)N(c1ccc(-c3ccccc3S(C)(=O)=O)cc1)CC2. The third-order valence-corrected chi connectivity index (χ3v) is 6.35. The number of rotatable bonds is 3. The molecule has 1 amide bonds. The summed E-state index contributed by atoms with van der Waals surface area (Å²) in [4.78, 5) is 15.1. The van der Waals surface area contributed by atoms with Crippen molar-refractivity contribution in [3.63, 3.8) is 0 Å². The van der Waals surface area contributed by atoms with Crippen LogP contribution in [0.1, 0.15) is 21.5 Å². The lowest BCUT2D eigenvalue weighted by atomic mass is 9.94. The fourth-order valence-electron chi connectivity index (χ4n) is 3.81. The van der Waals surface area contributed by atoms with Gasteiger partial charge in [-0.25, -0.2) is 8.42 Å². The molecule has 0 aromatic heterocycles. The average molecular weight is 391 g/mol. The zero-order chi connectivity index (χ0) is 19.9. The number of benzene rings is 3. The van der Waals surface area contributed by atoms with Gasteiger partial charge in [-0.15, -0.1) is 0 Å². The summed E-state index contributed by atoms with van der Waals surface area (Å²) in [7, 11) is -3.32. The summed E-state index contributed by atoms with van der Waals surface area (Å²) in [5.74, 6) is 0.0173. The Hall–Kier alpha value is -2.92. The molecule has 28 heavy (non-hydrogen) atoms. The third-order valence-electron chi connectivity index (χ3n) is 5.20. The first kappa shape index (κ1) is 18.4. The van der Waals surface area contributed by atoms with E-state index in [0.717, 1.165) is 34.4 Å². The number of hydrogen-bond acceptors (Lipinski definition) is 3. The van der Waals surface area contributed by atoms with Crippen LogP contribution >= 0.6 is 0 Å². The van der Waals surface area contributed by atoms with Crippen LogP contribution in [0.15, 0.2) is 71.6 Å². The minimum atomic E-state index is -3.32. The van der Waals surface area contributed by atoms with Gasteiger partial charge in [0, 0.05) is 29.6 Å². The van der Waals surface area contributed by atoms with E-state index >= 15 is 0 Å². The molecular weight excluding hydrogens is 370 g/mol. The lowest BCUT2D eigenvalue weighted by Crippen LogP contribution is -2.38. The highest BCUT2D eigenvalue weighted by atomic mass is 32.2. The number of hydrogen-bond donors (Lipinski definition) is 0. The van der Waals surface area contributed by atoms with E-state index in [1.165, 1.54) is 6.26 Å². The van der Waals surface area contributed by atoms with Crippen LogP contribution in [0.2, 0.25) is 0 Å². The van der Waals surface area contributed by atoms with Gasteiger partial charge in [-0.1, -0.05) is 48.5 Å². The first-order chi connectivity index (χ1) is 13.4. The smallest absolute Gasteiger partial charge is 0.258 e. The van der Waals surface area contributed by atoms with E-state index in [1.54, 1.807) is 23.1 Å². The Morgan fingerprint density at radius 2 is 1.61 bits per heavy atom. The van der Waals surface area contributed by atoms with Gasteiger partial charge in [0.15, 0.2) is 9.84 Å². The van der Waals surface area contributed by atoms with Gasteiger partial charge in [-0.05, 0) is 48.2 Å². The van der Waals surface area contributed by atoms with Gasteiger partial charge in [0.2, 0.25) is 0 Å². The van der Waals surface area contributed by atoms with Crippen molar-refractivity contribution in [3.05, 3.63) is 83.4 Å². The van der Waals surface area contributed by atoms with Crippen molar-refractivity contribution in [3.8, 4) is 11.1 Å². The monoisotopic (exact) mass is 391 g/mol. The van der Waals surface area contributed by atoms with Crippen LogP contribution in [0, 0.1) is 6.92 Å². The van der Waals surface area contributed by atoms with E-state index in [-0.39, 0.29) is 5.91 Å². The van der Waals surface area contributed by atoms with Gasteiger partial charge in [0.25, 0.3) is 5.91 Å². The molecule has 3 aromatic rings. The number of sulfone groups is 1. The number of carbonyl (C=O) groups is 1. The van der Waals surface area contributed by atoms with E-state index in [1.807, 2.05) is 55.5 Å². The van der Waals surface area contributed by atoms with Crippen molar-refractivity contribution in [2.45, 2.75) is 18.2 Å². The minimum absolute atomic E-state index is 0.0173. The first-order valence-corrected chi connectivity index (χ1v) is 11.1. The summed E-state index contributed by atoms with van der Waals surface area (Å²) in [6.07, 6.45) is 2.04. The molecule has 0 saturated heterocycles. The Kier molecular flexibility index (Phi) is 4.55. The summed E-state index contributed by atoms with van der Waals surface area (Å²) in [5, 5.41) is 0. The van der Waals surface area contributed by atoms with Crippen molar-refractivity contribution in [2.24, 2.45) is 0 Å². The Bertz CT molecular complexity index is 1160. The number of nitrogens with zero attached hydrogens (tertiary/aromatic N) is 1. The summed E-state index contributed by atoms with van der Waals surface area (Å²) in [6, 6.07) is 20.5. The molecule has 1 heterocycles. The Balaban J connectivity index is 1.69. The van der Waals surface area contributed by atoms with Crippen molar-refractivity contribution < 1.29 is 13.2 Å². The molecule has 0 fully saturated rings. The molecule has 4 rings (SSSR count). The van der Waals surface area contributed by atoms with Gasteiger partial charge in [0.05, 0.1) is 4.90 Å². The highest BCUT2D eigenvalue weighted by molar-refractivity contribution is 7.90. The van der Waals surface area contributed by atoms with Crippen LogP contribution in [-0.2, 0) is 16.3 Å². The maximum atomic E-state index is 13.0. The second kappa shape index (κ2) is 6.91. The molecule has 1 aliphatic heterocycles. The largest absolute Gasteiger partial charge is 0.308 e.